The third-order valence-electron chi connectivity index (χ3n) is 9.02. The van der Waals surface area contributed by atoms with E-state index < -0.39 is 0 Å². The number of aryl methyl sites for hydroxylation is 1. The zero-order valence-corrected chi connectivity index (χ0v) is 28.2. The lowest BCUT2D eigenvalue weighted by Gasteiger charge is -2.21. The summed E-state index contributed by atoms with van der Waals surface area (Å²) in [6.07, 6.45) is 8.14. The van der Waals surface area contributed by atoms with Crippen LogP contribution >= 0.6 is 0 Å². The van der Waals surface area contributed by atoms with Crippen molar-refractivity contribution >= 4 is 28.8 Å². The number of hydrogen-bond acceptors (Lipinski definition) is 6. The quantitative estimate of drug-likeness (QED) is 0.211. The second-order valence-electron chi connectivity index (χ2n) is 12.5. The van der Waals surface area contributed by atoms with Crippen molar-refractivity contribution in [3.8, 4) is 0 Å². The molecule has 0 bridgehead atoms. The molecule has 2 atom stereocenters. The third kappa shape index (κ3) is 11.2. The van der Waals surface area contributed by atoms with Gasteiger partial charge in [-0.15, -0.1) is 0 Å². The van der Waals surface area contributed by atoms with Gasteiger partial charge >= 0.3 is 0 Å². The van der Waals surface area contributed by atoms with Crippen LogP contribution in [0.4, 0.5) is 5.69 Å². The summed E-state index contributed by atoms with van der Waals surface area (Å²) >= 11 is 0. The molecule has 2 N–H and O–H groups in total. The van der Waals surface area contributed by atoms with Crippen molar-refractivity contribution in [1.29, 1.82) is 0 Å². The van der Waals surface area contributed by atoms with Gasteiger partial charge in [0.25, 0.3) is 0 Å². The fraction of sp³-hybridized carbons (Fsp3) is 0.450. The molecule has 0 radical (unpaired) electrons. The molecule has 3 aromatic carbocycles. The van der Waals surface area contributed by atoms with E-state index in [-0.39, 0.29) is 47.8 Å². The smallest absolute Gasteiger partial charge is 0.171 e. The number of nitrogens with two attached hydrogens (primary N) is 1. The van der Waals surface area contributed by atoms with Crippen molar-refractivity contribution in [2.45, 2.75) is 85.5 Å². The minimum atomic E-state index is -0.0504. The molecule has 0 amide bonds. The van der Waals surface area contributed by atoms with E-state index in [1.807, 2.05) is 12.1 Å². The number of nitrogen functional groups attached to an aromatic ring is 1. The van der Waals surface area contributed by atoms with E-state index in [2.05, 4.69) is 69.0 Å². The summed E-state index contributed by atoms with van der Waals surface area (Å²) in [5.41, 5.74) is 11.6. The highest BCUT2D eigenvalue weighted by atomic mass is 16.2. The fourth-order valence-electron chi connectivity index (χ4n) is 6.14. The Labute approximate surface area is 275 Å². The van der Waals surface area contributed by atoms with Crippen molar-refractivity contribution in [2.24, 2.45) is 11.8 Å². The summed E-state index contributed by atoms with van der Waals surface area (Å²) in [6, 6.07) is 23.6. The Morgan fingerprint density at radius 3 is 1.61 bits per heavy atom. The molecule has 46 heavy (non-hydrogen) atoms. The summed E-state index contributed by atoms with van der Waals surface area (Å²) in [6.45, 7) is 12.5. The van der Waals surface area contributed by atoms with E-state index in [9.17, 15) is 19.2 Å². The Kier molecular flexibility index (Phi) is 15.0. The third-order valence-corrected chi connectivity index (χ3v) is 9.02. The standard InChI is InChI=1S/C14H15N.C9H12O2.C9H6O2.C8H19N/c1-11-2-4-12(5-3-11)10-13-6-8-14(15)9-7-13;2*10-8-5-9(11)7-4-2-1-3-6(7)8;1-4-7-8-9(5-2)6-3/h2-9H,10,15H2,1H3;6-7H,1-5H2;1-4H,5H2;4-8H2,1-3H3. The van der Waals surface area contributed by atoms with Gasteiger partial charge in [0.05, 0.1) is 12.8 Å². The highest BCUT2D eigenvalue weighted by Crippen LogP contribution is 2.37. The van der Waals surface area contributed by atoms with Crippen molar-refractivity contribution < 1.29 is 19.2 Å². The van der Waals surface area contributed by atoms with Gasteiger partial charge in [-0.25, -0.2) is 0 Å². The lowest BCUT2D eigenvalue weighted by atomic mass is 9.81. The van der Waals surface area contributed by atoms with Gasteiger partial charge in [0, 0.05) is 28.7 Å². The Morgan fingerprint density at radius 1 is 0.674 bits per heavy atom. The van der Waals surface area contributed by atoms with Crippen LogP contribution in [0.5, 0.6) is 0 Å². The van der Waals surface area contributed by atoms with E-state index in [1.54, 1.807) is 24.3 Å². The lowest BCUT2D eigenvalue weighted by molar-refractivity contribution is -0.122. The predicted octanol–water partition coefficient (Wildman–Crippen LogP) is 8.09. The molecule has 0 aliphatic heterocycles. The summed E-state index contributed by atoms with van der Waals surface area (Å²) < 4.78 is 0. The predicted molar refractivity (Wildman–Crippen MR) is 187 cm³/mol. The highest BCUT2D eigenvalue weighted by molar-refractivity contribution is 6.24. The second-order valence-corrected chi connectivity index (χ2v) is 12.5. The van der Waals surface area contributed by atoms with E-state index in [4.69, 9.17) is 5.73 Å². The molecule has 0 saturated heterocycles. The molecule has 2 saturated carbocycles. The number of fused-ring (bicyclic) bond motifs is 2. The molecular formula is C40H52N2O4. The van der Waals surface area contributed by atoms with Crippen LogP contribution in [0, 0.1) is 18.8 Å². The SMILES string of the molecule is CCCCN(CC)CC.Cc1ccc(Cc2ccc(N)cc2)cc1.O=C1CC(=O)C2CCCCC12.O=C1CC(=O)c2ccccc21. The summed E-state index contributed by atoms with van der Waals surface area (Å²) in [5.74, 6) is 0.558. The molecule has 0 aromatic heterocycles. The second kappa shape index (κ2) is 18.9. The summed E-state index contributed by atoms with van der Waals surface area (Å²) in [7, 11) is 0. The number of unbranched alkanes of at least 4 members (excludes halogenated alkanes) is 1. The van der Waals surface area contributed by atoms with Gasteiger partial charge in [-0.05, 0) is 75.5 Å². The number of anilines is 1. The lowest BCUT2D eigenvalue weighted by Crippen LogP contribution is -2.23. The Balaban J connectivity index is 0.000000170. The van der Waals surface area contributed by atoms with Crippen LogP contribution in [0.2, 0.25) is 0 Å². The van der Waals surface area contributed by atoms with Gasteiger partial charge in [0.15, 0.2) is 11.6 Å². The number of carbonyl (C=O) groups is 4. The number of hydrogen-bond donors (Lipinski definition) is 1. The van der Waals surface area contributed by atoms with Crippen LogP contribution in [0.1, 0.15) is 110 Å². The number of Topliss-reactive ketones (excluding diaryl/α,β-unsaturated/α-hetero) is 4. The van der Waals surface area contributed by atoms with Crippen LogP contribution in [-0.2, 0) is 16.0 Å². The molecule has 246 valence electrons. The summed E-state index contributed by atoms with van der Waals surface area (Å²) in [4.78, 5) is 47.0. The van der Waals surface area contributed by atoms with Gasteiger partial charge < -0.3 is 10.6 Å². The molecule has 3 aliphatic carbocycles. The average Bonchev–Trinajstić information content (AvgIpc) is 3.54. The van der Waals surface area contributed by atoms with Crippen molar-refractivity contribution in [2.75, 3.05) is 25.4 Å². The zero-order chi connectivity index (χ0) is 33.5. The van der Waals surface area contributed by atoms with Gasteiger partial charge in [0.2, 0.25) is 0 Å². The number of rotatable bonds is 7. The Bertz CT molecular complexity index is 1330. The van der Waals surface area contributed by atoms with E-state index >= 15 is 0 Å². The van der Waals surface area contributed by atoms with E-state index in [0.717, 1.165) is 37.8 Å². The Morgan fingerprint density at radius 2 is 1.15 bits per heavy atom. The highest BCUT2D eigenvalue weighted by Gasteiger charge is 2.42. The van der Waals surface area contributed by atoms with Crippen LogP contribution in [0.25, 0.3) is 0 Å². The average molecular weight is 625 g/mol. The first kappa shape index (κ1) is 36.6. The van der Waals surface area contributed by atoms with Crippen LogP contribution in [0.3, 0.4) is 0 Å². The van der Waals surface area contributed by atoms with Crippen LogP contribution in [-0.4, -0.2) is 47.7 Å². The topological polar surface area (TPSA) is 97.5 Å². The zero-order valence-electron chi connectivity index (χ0n) is 28.2. The van der Waals surface area contributed by atoms with Gasteiger partial charge in [-0.1, -0.05) is 106 Å². The monoisotopic (exact) mass is 624 g/mol. The first-order valence-corrected chi connectivity index (χ1v) is 17.0. The minimum Gasteiger partial charge on any atom is -0.399 e. The molecule has 6 heteroatoms. The molecule has 0 heterocycles. The van der Waals surface area contributed by atoms with Crippen LogP contribution in [0.15, 0.2) is 72.8 Å². The maximum absolute atomic E-state index is 11.2. The van der Waals surface area contributed by atoms with Gasteiger partial charge in [0.1, 0.15) is 11.6 Å². The maximum atomic E-state index is 11.2. The maximum Gasteiger partial charge on any atom is 0.171 e. The largest absolute Gasteiger partial charge is 0.399 e. The molecule has 6 rings (SSSR count). The molecule has 6 nitrogen and oxygen atoms in total. The van der Waals surface area contributed by atoms with Crippen molar-refractivity contribution in [1.82, 2.24) is 4.90 Å². The normalized spacial score (nSPS) is 18.0. The molecule has 2 fully saturated rings. The molecule has 2 unspecified atom stereocenters. The minimum absolute atomic E-state index is 0.0504. The van der Waals surface area contributed by atoms with Gasteiger partial charge in [-0.2, -0.15) is 0 Å². The van der Waals surface area contributed by atoms with Gasteiger partial charge in [-0.3, -0.25) is 19.2 Å². The fourth-order valence-corrected chi connectivity index (χ4v) is 6.14. The molecule has 3 aromatic rings. The summed E-state index contributed by atoms with van der Waals surface area (Å²) in [5, 5.41) is 0. The molecule has 3 aliphatic rings. The first-order chi connectivity index (χ1) is 22.2. The van der Waals surface area contributed by atoms with E-state index in [0.29, 0.717) is 11.1 Å². The van der Waals surface area contributed by atoms with Crippen LogP contribution < -0.4 is 5.73 Å². The van der Waals surface area contributed by atoms with Crippen molar-refractivity contribution in [3.63, 3.8) is 0 Å². The molecule has 0 spiro atoms. The van der Waals surface area contributed by atoms with E-state index in [1.165, 1.54) is 49.2 Å². The number of carbonyl (C=O) groups excluding carboxylic acids is 4. The number of nitrogens with zero attached hydrogens (tertiary/aromatic N) is 1. The first-order valence-electron chi connectivity index (χ1n) is 17.0. The number of ketones is 4. The van der Waals surface area contributed by atoms with Crippen molar-refractivity contribution in [3.05, 3.63) is 101 Å². The molecular weight excluding hydrogens is 572 g/mol. The Hall–Kier alpha value is -3.90. The number of benzene rings is 3.